The first-order chi connectivity index (χ1) is 21.4. The highest BCUT2D eigenvalue weighted by atomic mass is 32.2. The number of hydrogen-bond acceptors (Lipinski definition) is 9. The Balaban J connectivity index is 1.49. The molecule has 13 heteroatoms. The Morgan fingerprint density at radius 1 is 1.02 bits per heavy atom. The molecule has 236 valence electrons. The van der Waals surface area contributed by atoms with E-state index in [2.05, 4.69) is 21.4 Å². The number of alkyl carbamates (subject to hydrolysis) is 1. The Labute approximate surface area is 266 Å². The lowest BCUT2D eigenvalue weighted by Crippen LogP contribution is -2.34. The van der Waals surface area contributed by atoms with Crippen LogP contribution in [0.5, 0.6) is 5.75 Å². The van der Waals surface area contributed by atoms with Crippen LogP contribution in [-0.4, -0.2) is 51.2 Å². The average Bonchev–Trinajstić information content (AvgIpc) is 3.43. The average molecular weight is 650 g/mol. The summed E-state index contributed by atoms with van der Waals surface area (Å²) in [7, 11) is -2.55. The lowest BCUT2D eigenvalue weighted by atomic mass is 10.0. The van der Waals surface area contributed by atoms with Gasteiger partial charge in [0, 0.05) is 18.7 Å². The van der Waals surface area contributed by atoms with Gasteiger partial charge in [-0.25, -0.2) is 22.9 Å². The molecule has 1 unspecified atom stereocenters. The summed E-state index contributed by atoms with van der Waals surface area (Å²) in [6.45, 7) is 5.86. The summed E-state index contributed by atoms with van der Waals surface area (Å²) < 4.78 is 41.5. The van der Waals surface area contributed by atoms with Gasteiger partial charge in [0.05, 0.1) is 39.9 Å². The zero-order valence-electron chi connectivity index (χ0n) is 25.4. The summed E-state index contributed by atoms with van der Waals surface area (Å²) in [5.74, 6) is 0.209. The van der Waals surface area contributed by atoms with Crippen LogP contribution >= 0.6 is 11.3 Å². The van der Waals surface area contributed by atoms with Gasteiger partial charge in [0.25, 0.3) is 5.91 Å². The van der Waals surface area contributed by atoms with E-state index in [1.807, 2.05) is 18.2 Å². The largest absolute Gasteiger partial charge is 0.497 e. The third-order valence-corrected chi connectivity index (χ3v) is 9.02. The van der Waals surface area contributed by atoms with Crippen LogP contribution < -0.4 is 20.1 Å². The van der Waals surface area contributed by atoms with Crippen molar-refractivity contribution in [3.63, 3.8) is 0 Å². The van der Waals surface area contributed by atoms with Crippen LogP contribution in [-0.2, 0) is 21.2 Å². The third kappa shape index (κ3) is 9.49. The molecule has 2 amide bonds. The minimum atomic E-state index is -4.12. The SMILES string of the molecule is COc1ccc2nc(C(Cc3cccc(C#N)c3)NS(=O)(=O)c3cccc(C(=O)NCCCNC(=O)OC(C)(C)C)c3)sc2c1. The molecule has 0 aliphatic heterocycles. The first-order valence-corrected chi connectivity index (χ1v) is 16.5. The second kappa shape index (κ2) is 14.5. The van der Waals surface area contributed by atoms with Crippen molar-refractivity contribution in [2.24, 2.45) is 0 Å². The number of carbonyl (C=O) groups is 2. The smallest absolute Gasteiger partial charge is 0.407 e. The molecule has 0 bridgehead atoms. The molecule has 0 spiro atoms. The Hall–Kier alpha value is -4.51. The maximum absolute atomic E-state index is 13.7. The van der Waals surface area contributed by atoms with E-state index in [0.29, 0.717) is 34.8 Å². The molecular formula is C32H35N5O6S2. The fourth-order valence-corrected chi connectivity index (χ4v) is 6.71. The minimum Gasteiger partial charge on any atom is -0.497 e. The van der Waals surface area contributed by atoms with Crippen LogP contribution in [0.3, 0.4) is 0 Å². The normalized spacial score (nSPS) is 12.2. The van der Waals surface area contributed by atoms with Gasteiger partial charge in [-0.15, -0.1) is 11.3 Å². The number of amides is 2. The lowest BCUT2D eigenvalue weighted by molar-refractivity contribution is 0.0527. The predicted molar refractivity (Wildman–Crippen MR) is 172 cm³/mol. The molecule has 0 radical (unpaired) electrons. The number of nitrogens with one attached hydrogen (secondary N) is 3. The minimum absolute atomic E-state index is 0.0831. The summed E-state index contributed by atoms with van der Waals surface area (Å²) in [4.78, 5) is 29.2. The number of aromatic nitrogens is 1. The summed E-state index contributed by atoms with van der Waals surface area (Å²) >= 11 is 1.34. The van der Waals surface area contributed by atoms with Crippen LogP contribution in [0.25, 0.3) is 10.2 Å². The quantitative estimate of drug-likeness (QED) is 0.179. The first kappa shape index (κ1) is 33.4. The van der Waals surface area contributed by atoms with Gasteiger partial charge in [-0.2, -0.15) is 5.26 Å². The summed E-state index contributed by atoms with van der Waals surface area (Å²) in [6.07, 6.45) is 0.150. The molecule has 1 heterocycles. The maximum atomic E-state index is 13.7. The topological polar surface area (TPSA) is 160 Å². The van der Waals surface area contributed by atoms with Crippen LogP contribution in [0.4, 0.5) is 4.79 Å². The number of benzene rings is 3. The molecule has 1 atom stereocenters. The van der Waals surface area contributed by atoms with E-state index in [-0.39, 0.29) is 23.4 Å². The van der Waals surface area contributed by atoms with Gasteiger partial charge < -0.3 is 20.1 Å². The fourth-order valence-electron chi connectivity index (χ4n) is 4.34. The molecule has 3 aromatic carbocycles. The summed E-state index contributed by atoms with van der Waals surface area (Å²) in [5.41, 5.74) is 1.48. The number of thiazole rings is 1. The molecule has 0 aliphatic carbocycles. The zero-order chi connectivity index (χ0) is 32.6. The monoisotopic (exact) mass is 649 g/mol. The van der Waals surface area contributed by atoms with Crippen LogP contribution in [0.1, 0.15) is 59.7 Å². The molecule has 0 saturated carbocycles. The number of nitriles is 1. The number of ether oxygens (including phenoxy) is 2. The van der Waals surface area contributed by atoms with Crippen molar-refractivity contribution in [1.82, 2.24) is 20.3 Å². The van der Waals surface area contributed by atoms with Gasteiger partial charge in [0.2, 0.25) is 10.0 Å². The molecular weight excluding hydrogens is 615 g/mol. The number of sulfonamides is 1. The van der Waals surface area contributed by atoms with Crippen LogP contribution in [0.15, 0.2) is 71.6 Å². The highest BCUT2D eigenvalue weighted by Crippen LogP contribution is 2.32. The Kier molecular flexibility index (Phi) is 10.8. The Morgan fingerprint density at radius 3 is 2.51 bits per heavy atom. The van der Waals surface area contributed by atoms with Crippen molar-refractivity contribution in [2.45, 2.75) is 50.2 Å². The second-order valence-corrected chi connectivity index (χ2v) is 13.9. The highest BCUT2D eigenvalue weighted by molar-refractivity contribution is 7.89. The third-order valence-electron chi connectivity index (χ3n) is 6.42. The van der Waals surface area contributed by atoms with Crippen LogP contribution in [0, 0.1) is 11.3 Å². The standard InChI is InChI=1S/C32H35N5O6S2/c1-32(2,3)43-31(39)35-15-7-14-34-29(38)23-10-6-11-25(18-23)45(40,41)37-27(17-21-8-5-9-22(16-21)20-33)30-36-26-13-12-24(42-4)19-28(26)44-30/h5-6,8-13,16,18-19,27,37H,7,14-15,17H2,1-4H3,(H,34,38)(H,35,39). The molecule has 0 aliphatic rings. The van der Waals surface area contributed by atoms with E-state index in [4.69, 9.17) is 14.5 Å². The molecule has 11 nitrogen and oxygen atoms in total. The molecule has 4 rings (SSSR count). The maximum Gasteiger partial charge on any atom is 0.407 e. The molecule has 0 saturated heterocycles. The van der Waals surface area contributed by atoms with E-state index in [9.17, 15) is 23.3 Å². The van der Waals surface area contributed by atoms with E-state index in [1.165, 1.54) is 35.6 Å². The van der Waals surface area contributed by atoms with Gasteiger partial charge in [0.15, 0.2) is 0 Å². The lowest BCUT2D eigenvalue weighted by Gasteiger charge is -2.19. The van der Waals surface area contributed by atoms with Gasteiger partial charge >= 0.3 is 6.09 Å². The first-order valence-electron chi connectivity index (χ1n) is 14.2. The van der Waals surface area contributed by atoms with Crippen molar-refractivity contribution in [3.05, 3.63) is 88.4 Å². The van der Waals surface area contributed by atoms with Crippen molar-refractivity contribution < 1.29 is 27.5 Å². The zero-order valence-corrected chi connectivity index (χ0v) is 27.1. The number of fused-ring (bicyclic) bond motifs is 1. The fraction of sp³-hybridized carbons (Fsp3) is 0.312. The van der Waals surface area contributed by atoms with Gasteiger partial charge in [-0.05, 0) is 87.7 Å². The van der Waals surface area contributed by atoms with Crippen molar-refractivity contribution in [3.8, 4) is 11.8 Å². The van der Waals surface area contributed by atoms with Gasteiger partial charge in [-0.1, -0.05) is 18.2 Å². The van der Waals surface area contributed by atoms with Crippen LogP contribution in [0.2, 0.25) is 0 Å². The highest BCUT2D eigenvalue weighted by Gasteiger charge is 2.26. The number of carbonyl (C=O) groups excluding carboxylic acids is 2. The predicted octanol–water partition coefficient (Wildman–Crippen LogP) is 5.08. The molecule has 1 aromatic heterocycles. The molecule has 4 aromatic rings. The van der Waals surface area contributed by atoms with E-state index >= 15 is 0 Å². The Bertz CT molecular complexity index is 1830. The number of hydrogen-bond donors (Lipinski definition) is 3. The second-order valence-electron chi connectivity index (χ2n) is 11.1. The van der Waals surface area contributed by atoms with Crippen molar-refractivity contribution in [1.29, 1.82) is 5.26 Å². The number of nitrogens with zero attached hydrogens (tertiary/aromatic N) is 2. The number of methoxy groups -OCH3 is 1. The van der Waals surface area contributed by atoms with Crippen molar-refractivity contribution in [2.75, 3.05) is 20.2 Å². The van der Waals surface area contributed by atoms with E-state index in [1.54, 1.807) is 52.1 Å². The summed E-state index contributed by atoms with van der Waals surface area (Å²) in [6, 6.07) is 19.5. The molecule has 0 fully saturated rings. The van der Waals surface area contributed by atoms with E-state index < -0.39 is 33.7 Å². The number of rotatable bonds is 12. The van der Waals surface area contributed by atoms with E-state index in [0.717, 1.165) is 10.3 Å². The molecule has 3 N–H and O–H groups in total. The van der Waals surface area contributed by atoms with Gasteiger partial charge in [-0.3, -0.25) is 4.79 Å². The van der Waals surface area contributed by atoms with Gasteiger partial charge in [0.1, 0.15) is 16.4 Å². The Morgan fingerprint density at radius 2 is 1.78 bits per heavy atom. The summed E-state index contributed by atoms with van der Waals surface area (Å²) in [5, 5.41) is 15.3. The van der Waals surface area contributed by atoms with Crippen molar-refractivity contribution >= 4 is 43.6 Å². The molecule has 45 heavy (non-hydrogen) atoms.